The van der Waals surface area contributed by atoms with Crippen LogP contribution < -0.4 is 0 Å². The van der Waals surface area contributed by atoms with Gasteiger partial charge in [-0.25, -0.2) is 4.79 Å². The highest BCUT2D eigenvalue weighted by Crippen LogP contribution is 2.40. The average molecular weight is 353 g/mol. The number of rotatable bonds is 1. The zero-order chi connectivity index (χ0) is 18.6. The molecule has 2 fully saturated rings. The first-order chi connectivity index (χ1) is 11.6. The number of hydrogen-bond acceptors (Lipinski definition) is 6. The highest BCUT2D eigenvalue weighted by atomic mass is 16.6. The molecule has 0 saturated carbocycles. The normalized spacial score (nSPS) is 44.7. The van der Waals surface area contributed by atoms with Crippen molar-refractivity contribution in [2.45, 2.75) is 51.9 Å². The summed E-state index contributed by atoms with van der Waals surface area (Å²) in [6, 6.07) is -0.511. The summed E-state index contributed by atoms with van der Waals surface area (Å²) in [4.78, 5) is 25.3. The predicted octanol–water partition coefficient (Wildman–Crippen LogP) is 1.14. The molecule has 0 bridgehead atoms. The number of aliphatic hydroxyl groups is 1. The molecule has 0 spiro atoms. The Morgan fingerprint density at radius 3 is 2.72 bits per heavy atom. The molecular weight excluding hydrogens is 326 g/mol. The van der Waals surface area contributed by atoms with E-state index >= 15 is 0 Å². The highest BCUT2D eigenvalue weighted by molar-refractivity contribution is 5.81. The van der Waals surface area contributed by atoms with Crippen molar-refractivity contribution in [2.75, 3.05) is 19.7 Å². The first-order valence-electron chi connectivity index (χ1n) is 8.94. The summed E-state index contributed by atoms with van der Waals surface area (Å²) >= 11 is 0. The summed E-state index contributed by atoms with van der Waals surface area (Å²) < 4.78 is 10.6. The molecule has 7 nitrogen and oxygen atoms in total. The lowest BCUT2D eigenvalue weighted by molar-refractivity contribution is -0.877. The second-order valence-corrected chi connectivity index (χ2v) is 8.13. The molecule has 3 aliphatic heterocycles. The minimum atomic E-state index is -1.81. The van der Waals surface area contributed by atoms with Crippen LogP contribution >= 0.6 is 0 Å². The maximum Gasteiger partial charge on any atom is 0.338 e. The molecule has 3 rings (SSSR count). The Hall–Kier alpha value is -1.44. The van der Waals surface area contributed by atoms with Gasteiger partial charge in [0.1, 0.15) is 6.61 Å². The van der Waals surface area contributed by atoms with E-state index in [4.69, 9.17) is 9.47 Å². The van der Waals surface area contributed by atoms with Crippen LogP contribution in [0.1, 0.15) is 34.1 Å². The zero-order valence-corrected chi connectivity index (χ0v) is 15.2. The van der Waals surface area contributed by atoms with E-state index in [0.29, 0.717) is 25.1 Å². The summed E-state index contributed by atoms with van der Waals surface area (Å²) in [5.74, 6) is -2.70. The Balaban J connectivity index is 1.99. The van der Waals surface area contributed by atoms with Gasteiger partial charge in [0.05, 0.1) is 19.0 Å². The molecule has 6 atom stereocenters. The van der Waals surface area contributed by atoms with Crippen molar-refractivity contribution >= 4 is 11.9 Å². The van der Waals surface area contributed by atoms with Gasteiger partial charge in [0.25, 0.3) is 0 Å². The lowest BCUT2D eigenvalue weighted by atomic mass is 9.75. The van der Waals surface area contributed by atoms with Crippen LogP contribution in [0.5, 0.6) is 0 Å². The van der Waals surface area contributed by atoms with Crippen molar-refractivity contribution in [1.82, 2.24) is 0 Å². The summed E-state index contributed by atoms with van der Waals surface area (Å²) in [6.07, 6.45) is 1.77. The number of hydroxylamine groups is 3. The molecule has 7 heteroatoms. The number of nitrogens with zero attached hydrogens (tertiary/aromatic N) is 1. The first-order valence-corrected chi connectivity index (χ1v) is 8.94. The van der Waals surface area contributed by atoms with Crippen LogP contribution in [0.4, 0.5) is 0 Å². The molecule has 25 heavy (non-hydrogen) atoms. The molecule has 0 radical (unpaired) electrons. The van der Waals surface area contributed by atoms with Gasteiger partial charge in [-0.1, -0.05) is 20.8 Å². The number of esters is 2. The molecule has 6 unspecified atom stereocenters. The van der Waals surface area contributed by atoms with E-state index in [1.54, 1.807) is 13.0 Å². The fourth-order valence-electron chi connectivity index (χ4n) is 4.46. The predicted molar refractivity (Wildman–Crippen MR) is 88.8 cm³/mol. The molecule has 0 aromatic carbocycles. The Morgan fingerprint density at radius 1 is 1.40 bits per heavy atom. The smallest absolute Gasteiger partial charge is 0.338 e. The van der Waals surface area contributed by atoms with Gasteiger partial charge in [-0.05, 0) is 18.9 Å². The standard InChI is InChI=1S/C18H27NO6/c1-10(2)14-11(3)18(4,22)17(21)24-9-12-5-7-19(23)8-6-13(15(12)19)25-16(14)20/h5,10-11,13-15,22H,6-9H2,1-4H3. The van der Waals surface area contributed by atoms with Crippen molar-refractivity contribution in [1.29, 1.82) is 0 Å². The minimum absolute atomic E-state index is 0.0466. The van der Waals surface area contributed by atoms with Crippen LogP contribution in [0.3, 0.4) is 0 Å². The van der Waals surface area contributed by atoms with Gasteiger partial charge in [-0.15, -0.1) is 0 Å². The molecule has 1 N–H and O–H groups in total. The Morgan fingerprint density at radius 2 is 2.08 bits per heavy atom. The van der Waals surface area contributed by atoms with Crippen molar-refractivity contribution < 1.29 is 28.8 Å². The Kier molecular flexibility index (Phi) is 4.46. The number of carbonyl (C=O) groups is 2. The van der Waals surface area contributed by atoms with Crippen LogP contribution in [0, 0.1) is 23.0 Å². The molecule has 0 amide bonds. The molecule has 2 saturated heterocycles. The van der Waals surface area contributed by atoms with Gasteiger partial charge >= 0.3 is 11.9 Å². The molecule has 0 aliphatic carbocycles. The number of cyclic esters (lactones) is 1. The largest absolute Gasteiger partial charge is 0.632 e. The Bertz CT molecular complexity index is 613. The molecular formula is C18H27NO6. The monoisotopic (exact) mass is 353 g/mol. The summed E-state index contributed by atoms with van der Waals surface area (Å²) in [6.45, 7) is 7.38. The molecule has 3 aliphatic rings. The van der Waals surface area contributed by atoms with Crippen LogP contribution in [-0.4, -0.2) is 59.1 Å². The van der Waals surface area contributed by atoms with E-state index in [9.17, 15) is 19.9 Å². The van der Waals surface area contributed by atoms with E-state index in [1.165, 1.54) is 6.92 Å². The Labute approximate surface area is 147 Å². The molecule has 3 heterocycles. The number of quaternary nitrogens is 1. The second kappa shape index (κ2) is 6.07. The fraction of sp³-hybridized carbons (Fsp3) is 0.778. The summed E-state index contributed by atoms with van der Waals surface area (Å²) in [5, 5.41) is 23.6. The van der Waals surface area contributed by atoms with E-state index in [2.05, 4.69) is 0 Å². The van der Waals surface area contributed by atoms with Gasteiger partial charge in [-0.3, -0.25) is 4.79 Å². The van der Waals surface area contributed by atoms with Gasteiger partial charge in [0, 0.05) is 17.9 Å². The number of hydrogen-bond donors (Lipinski definition) is 1. The summed E-state index contributed by atoms with van der Waals surface area (Å²) in [5.41, 5.74) is -1.12. The van der Waals surface area contributed by atoms with Gasteiger partial charge < -0.3 is 24.4 Å². The van der Waals surface area contributed by atoms with Crippen molar-refractivity contribution in [3.05, 3.63) is 16.9 Å². The lowest BCUT2D eigenvalue weighted by Gasteiger charge is -2.40. The number of ether oxygens (including phenoxy) is 2. The third-order valence-electron chi connectivity index (χ3n) is 6.16. The van der Waals surface area contributed by atoms with E-state index in [-0.39, 0.29) is 12.5 Å². The zero-order valence-electron chi connectivity index (χ0n) is 15.2. The van der Waals surface area contributed by atoms with Gasteiger partial charge in [0.2, 0.25) is 0 Å². The van der Waals surface area contributed by atoms with Crippen LogP contribution in [0.2, 0.25) is 0 Å². The highest BCUT2D eigenvalue weighted by Gasteiger charge is 2.53. The van der Waals surface area contributed by atoms with Gasteiger partial charge in [0.15, 0.2) is 17.7 Å². The number of carbonyl (C=O) groups excluding carboxylic acids is 2. The molecule has 140 valence electrons. The average Bonchev–Trinajstić information content (AvgIpc) is 3.00. The van der Waals surface area contributed by atoms with E-state index in [1.807, 2.05) is 13.8 Å². The van der Waals surface area contributed by atoms with Gasteiger partial charge in [-0.2, -0.15) is 0 Å². The quantitative estimate of drug-likeness (QED) is 0.329. The van der Waals surface area contributed by atoms with Crippen LogP contribution in [0.25, 0.3) is 0 Å². The second-order valence-electron chi connectivity index (χ2n) is 8.13. The van der Waals surface area contributed by atoms with Crippen molar-refractivity contribution in [3.8, 4) is 0 Å². The molecule has 0 aromatic rings. The minimum Gasteiger partial charge on any atom is -0.632 e. The lowest BCUT2D eigenvalue weighted by Crippen LogP contribution is -2.49. The van der Waals surface area contributed by atoms with Crippen molar-refractivity contribution in [3.63, 3.8) is 0 Å². The topological polar surface area (TPSA) is 95.9 Å². The first kappa shape index (κ1) is 18.4. The van der Waals surface area contributed by atoms with Crippen LogP contribution in [0.15, 0.2) is 11.6 Å². The fourth-order valence-corrected chi connectivity index (χ4v) is 4.46. The van der Waals surface area contributed by atoms with E-state index < -0.39 is 46.2 Å². The third-order valence-corrected chi connectivity index (χ3v) is 6.16. The van der Waals surface area contributed by atoms with Crippen LogP contribution in [-0.2, 0) is 19.1 Å². The van der Waals surface area contributed by atoms with E-state index in [0.717, 1.165) is 0 Å². The third kappa shape index (κ3) is 2.88. The maximum atomic E-state index is 12.9. The van der Waals surface area contributed by atoms with Crippen molar-refractivity contribution in [2.24, 2.45) is 17.8 Å². The summed E-state index contributed by atoms with van der Waals surface area (Å²) in [7, 11) is 0. The molecule has 0 aromatic heterocycles. The maximum absolute atomic E-state index is 12.9. The SMILES string of the molecule is CC(C)C1C(=O)OC2CC[N+]3([O-])CC=C(COC(=O)C(C)(O)C1C)C23.